The molecule has 9 nitrogen and oxygen atoms in total. The smallest absolute Gasteiger partial charge is 0.239 e. The van der Waals surface area contributed by atoms with Gasteiger partial charge in [-0.2, -0.15) is 0 Å². The lowest BCUT2D eigenvalue weighted by molar-refractivity contribution is -0.129. The highest BCUT2D eigenvalue weighted by molar-refractivity contribution is 6.02. The number of carbonyl (C=O) groups is 3. The average Bonchev–Trinajstić information content (AvgIpc) is 2.96. The van der Waals surface area contributed by atoms with Gasteiger partial charge in [-0.3, -0.25) is 19.3 Å². The molecule has 3 aromatic rings. The number of amides is 1. The summed E-state index contributed by atoms with van der Waals surface area (Å²) in [5.41, 5.74) is 6.66. The summed E-state index contributed by atoms with van der Waals surface area (Å²) in [6.07, 6.45) is 0. The largest absolute Gasteiger partial charge is 0.508 e. The Hall–Kier alpha value is -4.12. The number of likely N-dealkylation sites (tertiary alicyclic amines) is 1. The summed E-state index contributed by atoms with van der Waals surface area (Å²) in [7, 11) is 0. The average molecular weight is 564 g/mol. The number of phenolic OH excluding ortho intramolecular Hbond substituents is 2. The monoisotopic (exact) mass is 563 g/mol. The lowest BCUT2D eigenvalue weighted by atomic mass is 9.67. The number of hydrogen-bond donors (Lipinski definition) is 5. The summed E-state index contributed by atoms with van der Waals surface area (Å²) >= 11 is 0. The number of nitrogens with one attached hydrogen (secondary N) is 1. The van der Waals surface area contributed by atoms with Gasteiger partial charge in [-0.05, 0) is 48.4 Å². The number of carbonyl (C=O) groups excluding carboxylic acids is 3. The molecule has 0 spiro atoms. The molecule has 1 aliphatic heterocycles. The van der Waals surface area contributed by atoms with Gasteiger partial charge in [0, 0.05) is 55.1 Å². The molecule has 1 heterocycles. The van der Waals surface area contributed by atoms with E-state index >= 15 is 0 Å². The van der Waals surface area contributed by atoms with E-state index < -0.39 is 53.7 Å². The lowest BCUT2D eigenvalue weighted by Crippen LogP contribution is -2.58. The molecular weight excluding hydrogens is 529 g/mol. The van der Waals surface area contributed by atoms with Crippen LogP contribution in [0.5, 0.6) is 11.5 Å². The molecule has 1 amide bonds. The van der Waals surface area contributed by atoms with E-state index in [2.05, 4.69) is 5.32 Å². The summed E-state index contributed by atoms with van der Waals surface area (Å²) in [5.74, 6) is -4.82. The lowest BCUT2D eigenvalue weighted by Gasteiger charge is -2.45. The molecule has 216 valence electrons. The summed E-state index contributed by atoms with van der Waals surface area (Å²) in [6.45, 7) is 1.30. The van der Waals surface area contributed by atoms with Gasteiger partial charge in [0.15, 0.2) is 11.6 Å². The van der Waals surface area contributed by atoms with Crippen LogP contribution in [0.3, 0.4) is 0 Å². The van der Waals surface area contributed by atoms with E-state index in [1.54, 1.807) is 30.0 Å². The zero-order valence-electron chi connectivity index (χ0n) is 22.7. The molecule has 1 fully saturated rings. The van der Waals surface area contributed by atoms with E-state index in [0.29, 0.717) is 5.56 Å². The number of Topliss-reactive ketones (excluding diaryl/α,β-unsaturated/α-hetero) is 2. The minimum atomic E-state index is -1.09. The second kappa shape index (κ2) is 13.0. The molecule has 3 unspecified atom stereocenters. The molecule has 0 saturated carbocycles. The fourth-order valence-electron chi connectivity index (χ4n) is 5.68. The molecule has 3 atom stereocenters. The number of benzene rings is 3. The standard InChI is InChI=1S/C31H34FN3O6/c1-18-23(9-4-10-26(18)32)28-24(29(39)19-5-2-7-21(37)13-19)15-35(27(17-36)31(41)34-12-11-33)16-25(28)30(40)20-6-3-8-22(38)14-20/h2-10,13-14,24-25,27-28,36-38H,11-12,15-17,33H2,1H3,(H,34,41). The number of aliphatic hydroxyl groups is 1. The normalized spacial score (nSPS) is 19.9. The van der Waals surface area contributed by atoms with Crippen molar-refractivity contribution in [3.05, 3.63) is 94.8 Å². The van der Waals surface area contributed by atoms with Gasteiger partial charge >= 0.3 is 0 Å². The maximum absolute atomic E-state index is 14.9. The summed E-state index contributed by atoms with van der Waals surface area (Å²) in [6, 6.07) is 15.0. The van der Waals surface area contributed by atoms with Crippen molar-refractivity contribution in [2.24, 2.45) is 17.6 Å². The Morgan fingerprint density at radius 2 is 1.49 bits per heavy atom. The topological polar surface area (TPSA) is 153 Å². The van der Waals surface area contributed by atoms with Gasteiger partial charge in [0.2, 0.25) is 5.91 Å². The van der Waals surface area contributed by atoms with Crippen molar-refractivity contribution in [3.8, 4) is 11.5 Å². The third-order valence-corrected chi connectivity index (χ3v) is 7.69. The first kappa shape index (κ1) is 29.9. The Bertz CT molecular complexity index is 1360. The molecule has 4 rings (SSSR count). The predicted octanol–water partition coefficient (Wildman–Crippen LogP) is 2.38. The van der Waals surface area contributed by atoms with Gasteiger partial charge in [0.25, 0.3) is 0 Å². The number of rotatable bonds is 10. The molecule has 0 aliphatic carbocycles. The minimum Gasteiger partial charge on any atom is -0.508 e. The number of piperidine rings is 1. The zero-order chi connectivity index (χ0) is 29.7. The first-order chi connectivity index (χ1) is 19.7. The van der Waals surface area contributed by atoms with Crippen LogP contribution >= 0.6 is 0 Å². The number of halogens is 1. The van der Waals surface area contributed by atoms with E-state index in [1.807, 2.05) is 0 Å². The molecule has 1 saturated heterocycles. The fraction of sp³-hybridized carbons (Fsp3) is 0.323. The Balaban J connectivity index is 1.89. The summed E-state index contributed by atoms with van der Waals surface area (Å²) in [5, 5.41) is 33.1. The molecular formula is C31H34FN3O6. The van der Waals surface area contributed by atoms with Crippen molar-refractivity contribution in [2.45, 2.75) is 18.9 Å². The molecule has 1 aliphatic rings. The van der Waals surface area contributed by atoms with Crippen LogP contribution in [0.25, 0.3) is 0 Å². The number of phenols is 2. The van der Waals surface area contributed by atoms with Crippen molar-refractivity contribution >= 4 is 17.5 Å². The molecule has 3 aromatic carbocycles. The fourth-order valence-corrected chi connectivity index (χ4v) is 5.68. The number of aromatic hydroxyl groups is 2. The zero-order valence-corrected chi connectivity index (χ0v) is 22.7. The van der Waals surface area contributed by atoms with Gasteiger partial charge in [-0.15, -0.1) is 0 Å². The molecule has 41 heavy (non-hydrogen) atoms. The van der Waals surface area contributed by atoms with Crippen molar-refractivity contribution in [1.82, 2.24) is 10.2 Å². The third-order valence-electron chi connectivity index (χ3n) is 7.69. The molecule has 0 aromatic heterocycles. The third kappa shape index (κ3) is 6.45. The Morgan fingerprint density at radius 3 is 1.98 bits per heavy atom. The van der Waals surface area contributed by atoms with Crippen LogP contribution in [0.4, 0.5) is 4.39 Å². The number of nitrogens with two attached hydrogens (primary N) is 1. The van der Waals surface area contributed by atoms with Crippen LogP contribution in [-0.4, -0.2) is 76.5 Å². The predicted molar refractivity (Wildman–Crippen MR) is 150 cm³/mol. The highest BCUT2D eigenvalue weighted by Gasteiger charge is 2.47. The van der Waals surface area contributed by atoms with Crippen LogP contribution in [0.2, 0.25) is 0 Å². The second-order valence-electron chi connectivity index (χ2n) is 10.3. The van der Waals surface area contributed by atoms with Crippen molar-refractivity contribution < 1.29 is 34.1 Å². The van der Waals surface area contributed by atoms with E-state index in [-0.39, 0.29) is 54.4 Å². The number of aliphatic hydroxyl groups excluding tert-OH is 1. The Labute approximate surface area is 237 Å². The first-order valence-corrected chi connectivity index (χ1v) is 13.4. The molecule has 0 bridgehead atoms. The highest BCUT2D eigenvalue weighted by atomic mass is 19.1. The van der Waals surface area contributed by atoms with Crippen molar-refractivity contribution in [1.29, 1.82) is 0 Å². The van der Waals surface area contributed by atoms with E-state index in [1.165, 1.54) is 48.5 Å². The van der Waals surface area contributed by atoms with Crippen LogP contribution in [0, 0.1) is 24.6 Å². The van der Waals surface area contributed by atoms with E-state index in [4.69, 9.17) is 5.73 Å². The maximum atomic E-state index is 14.9. The molecule has 10 heteroatoms. The minimum absolute atomic E-state index is 0.0276. The quantitative estimate of drug-likeness (QED) is 0.236. The van der Waals surface area contributed by atoms with Gasteiger partial charge in [0.1, 0.15) is 23.4 Å². The van der Waals surface area contributed by atoms with Crippen LogP contribution in [0.1, 0.15) is 37.8 Å². The summed E-state index contributed by atoms with van der Waals surface area (Å²) in [4.78, 5) is 42.9. The van der Waals surface area contributed by atoms with Crippen LogP contribution in [0.15, 0.2) is 66.7 Å². The van der Waals surface area contributed by atoms with Gasteiger partial charge in [-0.25, -0.2) is 4.39 Å². The van der Waals surface area contributed by atoms with Gasteiger partial charge in [0.05, 0.1) is 6.61 Å². The number of hydrogen-bond acceptors (Lipinski definition) is 8. The van der Waals surface area contributed by atoms with Crippen molar-refractivity contribution in [2.75, 3.05) is 32.8 Å². The van der Waals surface area contributed by atoms with Gasteiger partial charge < -0.3 is 26.4 Å². The van der Waals surface area contributed by atoms with E-state index in [9.17, 15) is 34.1 Å². The Morgan fingerprint density at radius 1 is 0.951 bits per heavy atom. The van der Waals surface area contributed by atoms with Crippen molar-refractivity contribution in [3.63, 3.8) is 0 Å². The number of ketones is 2. The van der Waals surface area contributed by atoms with E-state index in [0.717, 1.165) is 0 Å². The van der Waals surface area contributed by atoms with Crippen LogP contribution in [-0.2, 0) is 4.79 Å². The number of nitrogens with zero attached hydrogens (tertiary/aromatic N) is 1. The first-order valence-electron chi connectivity index (χ1n) is 13.4. The van der Waals surface area contributed by atoms with Crippen LogP contribution < -0.4 is 11.1 Å². The molecule has 6 N–H and O–H groups in total. The maximum Gasteiger partial charge on any atom is 0.239 e. The SMILES string of the molecule is Cc1c(F)cccc1C1C(C(=O)c2cccc(O)c2)CN(C(CO)C(=O)NCCN)CC1C(=O)c1cccc(O)c1. The van der Waals surface area contributed by atoms with Gasteiger partial charge in [-0.1, -0.05) is 36.4 Å². The highest BCUT2D eigenvalue weighted by Crippen LogP contribution is 2.43. The second-order valence-corrected chi connectivity index (χ2v) is 10.3. The Kier molecular flexibility index (Phi) is 9.49. The summed E-state index contributed by atoms with van der Waals surface area (Å²) < 4.78 is 14.9. The molecule has 0 radical (unpaired) electrons.